The number of H-pyrrole nitrogens is 1. The SMILES string of the molecule is O=c1ccc([C@@H]2O[C@H](CO)[C@@H](O)[C@@H]2O)c[nH]1. The van der Waals surface area contributed by atoms with Gasteiger partial charge in [-0.15, -0.1) is 0 Å². The van der Waals surface area contributed by atoms with Gasteiger partial charge in [-0.3, -0.25) is 4.79 Å². The van der Waals surface area contributed by atoms with Gasteiger partial charge < -0.3 is 25.0 Å². The van der Waals surface area contributed by atoms with Gasteiger partial charge in [-0.2, -0.15) is 0 Å². The molecule has 0 aliphatic carbocycles. The fraction of sp³-hybridized carbons (Fsp3) is 0.500. The van der Waals surface area contributed by atoms with Gasteiger partial charge in [0.15, 0.2) is 0 Å². The second kappa shape index (κ2) is 4.34. The fourth-order valence-electron chi connectivity index (χ4n) is 1.77. The average molecular weight is 227 g/mol. The summed E-state index contributed by atoms with van der Waals surface area (Å²) in [5.74, 6) is 0. The van der Waals surface area contributed by atoms with Crippen LogP contribution in [0.4, 0.5) is 0 Å². The van der Waals surface area contributed by atoms with E-state index in [1.54, 1.807) is 0 Å². The molecule has 0 bridgehead atoms. The molecular weight excluding hydrogens is 214 g/mol. The first-order valence-electron chi connectivity index (χ1n) is 4.94. The first kappa shape index (κ1) is 11.3. The van der Waals surface area contributed by atoms with Crippen molar-refractivity contribution in [1.29, 1.82) is 0 Å². The van der Waals surface area contributed by atoms with E-state index in [9.17, 15) is 15.0 Å². The van der Waals surface area contributed by atoms with Crippen LogP contribution in [0.5, 0.6) is 0 Å². The molecule has 6 heteroatoms. The van der Waals surface area contributed by atoms with Crippen molar-refractivity contribution in [1.82, 2.24) is 4.98 Å². The Labute approximate surface area is 91.1 Å². The van der Waals surface area contributed by atoms with E-state index in [4.69, 9.17) is 9.84 Å². The summed E-state index contributed by atoms with van der Waals surface area (Å²) in [6, 6.07) is 2.82. The number of aromatic nitrogens is 1. The highest BCUT2D eigenvalue weighted by Crippen LogP contribution is 2.32. The maximum Gasteiger partial charge on any atom is 0.247 e. The van der Waals surface area contributed by atoms with Crippen LogP contribution in [0.3, 0.4) is 0 Å². The predicted octanol–water partition coefficient (Wildman–Crippen LogP) is -1.47. The van der Waals surface area contributed by atoms with Crippen molar-refractivity contribution in [2.75, 3.05) is 6.61 Å². The molecule has 0 saturated carbocycles. The summed E-state index contributed by atoms with van der Waals surface area (Å²) < 4.78 is 5.29. The molecule has 2 rings (SSSR count). The van der Waals surface area contributed by atoms with Crippen LogP contribution in [0.15, 0.2) is 23.1 Å². The lowest BCUT2D eigenvalue weighted by Crippen LogP contribution is -2.32. The first-order chi connectivity index (χ1) is 7.63. The van der Waals surface area contributed by atoms with Crippen LogP contribution in [-0.4, -0.2) is 45.2 Å². The summed E-state index contributed by atoms with van der Waals surface area (Å²) >= 11 is 0. The van der Waals surface area contributed by atoms with Crippen molar-refractivity contribution in [2.45, 2.75) is 24.4 Å². The first-order valence-corrected chi connectivity index (χ1v) is 4.94. The number of pyridine rings is 1. The van der Waals surface area contributed by atoms with Crippen molar-refractivity contribution in [3.8, 4) is 0 Å². The second-order valence-corrected chi connectivity index (χ2v) is 3.75. The smallest absolute Gasteiger partial charge is 0.247 e. The lowest BCUT2D eigenvalue weighted by Gasteiger charge is -2.14. The number of aromatic amines is 1. The van der Waals surface area contributed by atoms with Crippen LogP contribution in [0.2, 0.25) is 0 Å². The summed E-state index contributed by atoms with van der Waals surface area (Å²) in [4.78, 5) is 13.3. The molecule has 6 nitrogen and oxygen atoms in total. The number of ether oxygens (including phenoxy) is 1. The van der Waals surface area contributed by atoms with Gasteiger partial charge in [0.05, 0.1) is 6.61 Å². The molecule has 88 valence electrons. The summed E-state index contributed by atoms with van der Waals surface area (Å²) in [5, 5.41) is 28.1. The Morgan fingerprint density at radius 2 is 2.06 bits per heavy atom. The zero-order chi connectivity index (χ0) is 11.7. The highest BCUT2D eigenvalue weighted by molar-refractivity contribution is 5.16. The number of nitrogens with one attached hydrogen (secondary N) is 1. The number of hydrogen-bond donors (Lipinski definition) is 4. The topological polar surface area (TPSA) is 103 Å². The summed E-state index contributed by atoms with van der Waals surface area (Å²) in [5.41, 5.74) is 0.303. The molecule has 4 N–H and O–H groups in total. The Morgan fingerprint density at radius 1 is 1.31 bits per heavy atom. The molecule has 16 heavy (non-hydrogen) atoms. The van der Waals surface area contributed by atoms with Gasteiger partial charge in [-0.1, -0.05) is 0 Å². The highest BCUT2D eigenvalue weighted by atomic mass is 16.6. The molecule has 1 aromatic rings. The molecule has 1 saturated heterocycles. The normalized spacial score (nSPS) is 34.2. The summed E-state index contributed by atoms with van der Waals surface area (Å²) in [6.45, 7) is -0.363. The van der Waals surface area contributed by atoms with Crippen molar-refractivity contribution in [2.24, 2.45) is 0 Å². The molecule has 1 aliphatic heterocycles. The monoisotopic (exact) mass is 227 g/mol. The lowest BCUT2D eigenvalue weighted by atomic mass is 10.0. The molecular formula is C10H13NO5. The number of aliphatic hydroxyl groups is 3. The number of hydrogen-bond acceptors (Lipinski definition) is 5. The molecule has 0 amide bonds. The molecule has 1 aliphatic rings. The van der Waals surface area contributed by atoms with Crippen LogP contribution >= 0.6 is 0 Å². The van der Waals surface area contributed by atoms with Gasteiger partial charge in [-0.05, 0) is 11.6 Å². The van der Waals surface area contributed by atoms with Gasteiger partial charge in [-0.25, -0.2) is 0 Å². The van der Waals surface area contributed by atoms with Crippen molar-refractivity contribution in [3.63, 3.8) is 0 Å². The van der Waals surface area contributed by atoms with Gasteiger partial charge in [0, 0.05) is 12.3 Å². The molecule has 1 fully saturated rings. The average Bonchev–Trinajstić information content (AvgIpc) is 2.57. The van der Waals surface area contributed by atoms with E-state index in [1.807, 2.05) is 0 Å². The molecule has 4 atom stereocenters. The lowest BCUT2D eigenvalue weighted by molar-refractivity contribution is -0.0228. The predicted molar refractivity (Wildman–Crippen MR) is 53.8 cm³/mol. The molecule has 0 aromatic carbocycles. The minimum Gasteiger partial charge on any atom is -0.394 e. The maximum absolute atomic E-state index is 10.9. The van der Waals surface area contributed by atoms with Crippen molar-refractivity contribution < 1.29 is 20.1 Å². The van der Waals surface area contributed by atoms with Crippen LogP contribution in [0.1, 0.15) is 11.7 Å². The molecule has 2 heterocycles. The van der Waals surface area contributed by atoms with E-state index < -0.39 is 24.4 Å². The standard InChI is InChI=1S/C10H13NO5/c12-4-6-8(14)9(15)10(16-6)5-1-2-7(13)11-3-5/h1-3,6,8-10,12,14-15H,4H2,(H,11,13)/t6-,8-,9+,10+/m1/s1. The summed E-state index contributed by atoms with van der Waals surface area (Å²) in [6.07, 6.45) is -2.34. The van der Waals surface area contributed by atoms with Gasteiger partial charge >= 0.3 is 0 Å². The zero-order valence-corrected chi connectivity index (χ0v) is 8.41. The maximum atomic E-state index is 10.9. The van der Waals surface area contributed by atoms with Gasteiger partial charge in [0.25, 0.3) is 0 Å². The fourth-order valence-corrected chi connectivity index (χ4v) is 1.77. The third kappa shape index (κ3) is 1.88. The van der Waals surface area contributed by atoms with Gasteiger partial charge in [0.1, 0.15) is 24.4 Å². The zero-order valence-electron chi connectivity index (χ0n) is 8.41. The largest absolute Gasteiger partial charge is 0.394 e. The van der Waals surface area contributed by atoms with E-state index in [0.717, 1.165) is 0 Å². The van der Waals surface area contributed by atoms with Crippen molar-refractivity contribution in [3.05, 3.63) is 34.2 Å². The molecule has 0 unspecified atom stereocenters. The minimum atomic E-state index is -1.12. The molecule has 1 aromatic heterocycles. The highest BCUT2D eigenvalue weighted by Gasteiger charge is 2.42. The number of aliphatic hydroxyl groups excluding tert-OH is 3. The Kier molecular flexibility index (Phi) is 3.06. The third-order valence-corrected chi connectivity index (χ3v) is 2.68. The quantitative estimate of drug-likeness (QED) is 0.494. The second-order valence-electron chi connectivity index (χ2n) is 3.75. The Hall–Kier alpha value is -1.21. The van der Waals surface area contributed by atoms with Crippen LogP contribution in [0.25, 0.3) is 0 Å². The van der Waals surface area contributed by atoms with Crippen LogP contribution in [0, 0.1) is 0 Å². The molecule has 0 radical (unpaired) electrons. The van der Waals surface area contributed by atoms with Crippen molar-refractivity contribution >= 4 is 0 Å². The van der Waals surface area contributed by atoms with Crippen LogP contribution < -0.4 is 5.56 Å². The van der Waals surface area contributed by atoms with Gasteiger partial charge in [0.2, 0.25) is 5.56 Å². The Morgan fingerprint density at radius 3 is 2.56 bits per heavy atom. The van der Waals surface area contributed by atoms with E-state index in [-0.39, 0.29) is 12.2 Å². The van der Waals surface area contributed by atoms with E-state index >= 15 is 0 Å². The Balaban J connectivity index is 2.22. The van der Waals surface area contributed by atoms with Crippen LogP contribution in [-0.2, 0) is 4.74 Å². The van der Waals surface area contributed by atoms with E-state index in [0.29, 0.717) is 5.56 Å². The third-order valence-electron chi connectivity index (χ3n) is 2.68. The summed E-state index contributed by atoms with van der Waals surface area (Å²) in [7, 11) is 0. The van der Waals surface area contributed by atoms with E-state index in [1.165, 1.54) is 18.3 Å². The Bertz CT molecular complexity index is 397. The molecule has 0 spiro atoms. The minimum absolute atomic E-state index is 0.254. The van der Waals surface area contributed by atoms with E-state index in [2.05, 4.69) is 4.98 Å². The number of rotatable bonds is 2.